The van der Waals surface area contributed by atoms with Gasteiger partial charge < -0.3 is 9.32 Å². The molecule has 1 heterocycles. The maximum absolute atomic E-state index is 6.34. The van der Waals surface area contributed by atoms with Gasteiger partial charge in [-0.2, -0.15) is 0 Å². The fourth-order valence-corrected chi connectivity index (χ4v) is 11.3. The number of fused-ring (bicyclic) bond motifs is 7. The normalized spacial score (nSPS) is 14.6. The van der Waals surface area contributed by atoms with Crippen LogP contribution >= 0.6 is 0 Å². The van der Waals surface area contributed by atoms with Crippen molar-refractivity contribution in [3.63, 3.8) is 0 Å². The predicted octanol–water partition coefficient (Wildman–Crippen LogP) is 17.6. The number of para-hydroxylation sites is 3. The molecule has 10 aromatic rings. The molecule has 2 aliphatic rings. The number of anilines is 3. The van der Waals surface area contributed by atoms with Gasteiger partial charge in [0, 0.05) is 33.0 Å². The van der Waals surface area contributed by atoms with Crippen LogP contribution in [0.15, 0.2) is 199 Å². The highest BCUT2D eigenvalue weighted by molar-refractivity contribution is 6.12. The van der Waals surface area contributed by atoms with Gasteiger partial charge in [0.15, 0.2) is 0 Å². The number of benzene rings is 9. The fraction of sp³-hybridized carbons (Fsp3) is 0.148. The third-order valence-corrected chi connectivity index (χ3v) is 14.3. The molecule has 0 saturated heterocycles. The first-order valence-corrected chi connectivity index (χ1v) is 22.8. The van der Waals surface area contributed by atoms with E-state index in [-0.39, 0.29) is 5.41 Å². The summed E-state index contributed by atoms with van der Waals surface area (Å²) in [5.41, 5.74) is 19.3. The average Bonchev–Trinajstić information content (AvgIpc) is 3.84. The fourth-order valence-electron chi connectivity index (χ4n) is 11.3. The van der Waals surface area contributed by atoms with Crippen LogP contribution in [-0.4, -0.2) is 0 Å². The van der Waals surface area contributed by atoms with Gasteiger partial charge in [0.2, 0.25) is 0 Å². The molecule has 12 rings (SSSR count). The van der Waals surface area contributed by atoms with Gasteiger partial charge in [-0.3, -0.25) is 0 Å². The molecule has 304 valence electrons. The van der Waals surface area contributed by atoms with Crippen molar-refractivity contribution in [3.05, 3.63) is 211 Å². The Morgan fingerprint density at radius 1 is 0.444 bits per heavy atom. The van der Waals surface area contributed by atoms with Gasteiger partial charge >= 0.3 is 0 Å². The van der Waals surface area contributed by atoms with Gasteiger partial charge in [-0.15, -0.1) is 0 Å². The summed E-state index contributed by atoms with van der Waals surface area (Å²) in [7, 11) is 0. The third kappa shape index (κ3) is 6.07. The lowest BCUT2D eigenvalue weighted by atomic mass is 9.80. The van der Waals surface area contributed by atoms with E-state index in [4.69, 9.17) is 4.42 Å². The van der Waals surface area contributed by atoms with Crippen molar-refractivity contribution in [2.75, 3.05) is 4.90 Å². The first kappa shape index (κ1) is 37.6. The van der Waals surface area contributed by atoms with Gasteiger partial charge in [0.1, 0.15) is 11.2 Å². The van der Waals surface area contributed by atoms with E-state index in [9.17, 15) is 0 Å². The van der Waals surface area contributed by atoms with E-state index in [2.05, 4.69) is 207 Å². The summed E-state index contributed by atoms with van der Waals surface area (Å²) >= 11 is 0. The van der Waals surface area contributed by atoms with Crippen molar-refractivity contribution in [1.29, 1.82) is 0 Å². The molecule has 1 aromatic heterocycles. The van der Waals surface area contributed by atoms with E-state index in [1.165, 1.54) is 98.5 Å². The molecular weight excluding hydrogens is 763 g/mol. The molecule has 0 radical (unpaired) electrons. The lowest BCUT2D eigenvalue weighted by Crippen LogP contribution is -2.15. The summed E-state index contributed by atoms with van der Waals surface area (Å²) in [5, 5.41) is 4.99. The first-order valence-electron chi connectivity index (χ1n) is 22.8. The minimum Gasteiger partial charge on any atom is -0.456 e. The van der Waals surface area contributed by atoms with Gasteiger partial charge in [0.25, 0.3) is 0 Å². The zero-order valence-corrected chi connectivity index (χ0v) is 35.9. The van der Waals surface area contributed by atoms with Crippen LogP contribution in [0.1, 0.15) is 68.6 Å². The van der Waals surface area contributed by atoms with E-state index in [1.807, 2.05) is 6.07 Å². The van der Waals surface area contributed by atoms with Crippen LogP contribution in [0, 0.1) is 0 Å². The Balaban J connectivity index is 1.09. The molecule has 0 bridgehead atoms. The van der Waals surface area contributed by atoms with Crippen molar-refractivity contribution in [1.82, 2.24) is 0 Å². The molecule has 1 saturated carbocycles. The smallest absolute Gasteiger partial charge is 0.136 e. The van der Waals surface area contributed by atoms with E-state index in [1.54, 1.807) is 0 Å². The van der Waals surface area contributed by atoms with E-state index < -0.39 is 0 Å². The molecule has 0 unspecified atom stereocenters. The zero-order valence-electron chi connectivity index (χ0n) is 35.9. The molecule has 0 aliphatic heterocycles. The van der Waals surface area contributed by atoms with Crippen molar-refractivity contribution in [2.45, 2.75) is 57.3 Å². The Morgan fingerprint density at radius 2 is 1.02 bits per heavy atom. The molecule has 2 aliphatic carbocycles. The standard InChI is InChI=1S/C61H49NO/c1-61(2)52-30-10-6-24-50(52)59-49(29-16-31-53(59)61)47-23-8-12-33-55(47)62(43-38-36-41(37-39-43)45-27-17-35-57-60(45)51-25-9-13-34-56(51)63-57)54-32-11-7-22-46(54)48-28-15-21-42-20-14-26-44(58(42)48)40-18-4-3-5-19-40/h6-17,20-40H,3-5,18-19H2,1-2H3. The van der Waals surface area contributed by atoms with Crippen molar-refractivity contribution in [2.24, 2.45) is 0 Å². The highest BCUT2D eigenvalue weighted by atomic mass is 16.3. The third-order valence-electron chi connectivity index (χ3n) is 14.3. The quantitative estimate of drug-likeness (QED) is 0.159. The summed E-state index contributed by atoms with van der Waals surface area (Å²) in [6.07, 6.45) is 6.45. The number of rotatable bonds is 7. The summed E-state index contributed by atoms with van der Waals surface area (Å²) in [6, 6.07) is 72.0. The molecule has 0 spiro atoms. The highest BCUT2D eigenvalue weighted by Gasteiger charge is 2.37. The molecule has 0 atom stereocenters. The van der Waals surface area contributed by atoms with Crippen LogP contribution in [0.25, 0.3) is 77.2 Å². The second-order valence-corrected chi connectivity index (χ2v) is 18.2. The second-order valence-electron chi connectivity index (χ2n) is 18.2. The van der Waals surface area contributed by atoms with Crippen LogP contribution in [0.3, 0.4) is 0 Å². The van der Waals surface area contributed by atoms with Crippen LogP contribution in [0.5, 0.6) is 0 Å². The van der Waals surface area contributed by atoms with E-state index in [0.29, 0.717) is 5.92 Å². The summed E-state index contributed by atoms with van der Waals surface area (Å²) in [6.45, 7) is 4.74. The van der Waals surface area contributed by atoms with E-state index >= 15 is 0 Å². The van der Waals surface area contributed by atoms with Crippen molar-refractivity contribution < 1.29 is 4.42 Å². The Bertz CT molecular complexity index is 3360. The van der Waals surface area contributed by atoms with Crippen LogP contribution in [0.4, 0.5) is 17.1 Å². The molecule has 9 aromatic carbocycles. The van der Waals surface area contributed by atoms with Crippen molar-refractivity contribution >= 4 is 49.8 Å². The minimum atomic E-state index is -0.105. The van der Waals surface area contributed by atoms with Crippen molar-refractivity contribution in [3.8, 4) is 44.5 Å². The summed E-state index contributed by atoms with van der Waals surface area (Å²) in [4.78, 5) is 2.52. The Morgan fingerprint density at radius 3 is 1.81 bits per heavy atom. The average molecular weight is 812 g/mol. The molecular formula is C61H49NO. The molecule has 1 fully saturated rings. The first-order chi connectivity index (χ1) is 31.0. The van der Waals surface area contributed by atoms with Crippen LogP contribution < -0.4 is 4.90 Å². The number of nitrogens with zero attached hydrogens (tertiary/aromatic N) is 1. The van der Waals surface area contributed by atoms with Gasteiger partial charge in [0.05, 0.1) is 11.4 Å². The second kappa shape index (κ2) is 15.0. The lowest BCUT2D eigenvalue weighted by Gasteiger charge is -2.31. The summed E-state index contributed by atoms with van der Waals surface area (Å²) in [5.74, 6) is 0.573. The SMILES string of the molecule is CC1(C)c2ccccc2-c2c(-c3ccccc3N(c3ccc(-c4cccc5oc6ccccc6c45)cc3)c3ccccc3-c3cccc4cccc(C5CCCCC5)c34)cccc21. The number of furan rings is 1. The van der Waals surface area contributed by atoms with Gasteiger partial charge in [-0.05, 0) is 116 Å². The maximum Gasteiger partial charge on any atom is 0.136 e. The Kier molecular flexibility index (Phi) is 8.97. The molecule has 2 heteroatoms. The number of hydrogen-bond donors (Lipinski definition) is 0. The molecule has 0 N–H and O–H groups in total. The largest absolute Gasteiger partial charge is 0.456 e. The lowest BCUT2D eigenvalue weighted by molar-refractivity contribution is 0.445. The minimum absolute atomic E-state index is 0.105. The summed E-state index contributed by atoms with van der Waals surface area (Å²) < 4.78 is 6.34. The monoisotopic (exact) mass is 811 g/mol. The predicted molar refractivity (Wildman–Crippen MR) is 266 cm³/mol. The maximum atomic E-state index is 6.34. The molecule has 2 nitrogen and oxygen atoms in total. The topological polar surface area (TPSA) is 16.4 Å². The van der Waals surface area contributed by atoms with Gasteiger partial charge in [-0.25, -0.2) is 0 Å². The zero-order chi connectivity index (χ0) is 42.1. The van der Waals surface area contributed by atoms with E-state index in [0.717, 1.165) is 44.6 Å². The van der Waals surface area contributed by atoms with Gasteiger partial charge in [-0.1, -0.05) is 191 Å². The Hall–Kier alpha value is -7.16. The molecule has 63 heavy (non-hydrogen) atoms. The molecule has 0 amide bonds. The van der Waals surface area contributed by atoms with Crippen LogP contribution in [-0.2, 0) is 5.41 Å². The highest BCUT2D eigenvalue weighted by Crippen LogP contribution is 2.55. The number of hydrogen-bond acceptors (Lipinski definition) is 2. The van der Waals surface area contributed by atoms with Crippen LogP contribution in [0.2, 0.25) is 0 Å². The Labute approximate surface area is 370 Å².